The third kappa shape index (κ3) is 5.36. The Kier molecular flexibility index (Phi) is 6.38. The lowest BCUT2D eigenvalue weighted by molar-refractivity contribution is -0.149. The van der Waals surface area contributed by atoms with Crippen LogP contribution in [0.1, 0.15) is 12.0 Å². The van der Waals surface area contributed by atoms with Gasteiger partial charge in [0.2, 0.25) is 0 Å². The molecule has 0 amide bonds. The van der Waals surface area contributed by atoms with Crippen molar-refractivity contribution in [2.75, 3.05) is 54.9 Å². The maximum Gasteiger partial charge on any atom is 0.401 e. The minimum Gasteiger partial charge on any atom is -0.300 e. The standard InChI is InChI=1S/C24H26F6N4S/c1-31-21-11-16(5-6-20(21)34(35-31)14-18-12-23(18,26)27)19-4-2-3-17(22(19)25)13-32-7-9-33(10-8-32)15-24(28,29)30/h2-6,11,18H,7-10,12-15H2,1H3. The van der Waals surface area contributed by atoms with Gasteiger partial charge < -0.3 is 0 Å². The fraction of sp³-hybridized carbons (Fsp3) is 0.500. The second-order valence-electron chi connectivity index (χ2n) is 9.45. The van der Waals surface area contributed by atoms with Crippen LogP contribution in [0.2, 0.25) is 0 Å². The maximum atomic E-state index is 15.5. The Hall–Kier alpha value is -2.11. The smallest absolute Gasteiger partial charge is 0.300 e. The molecule has 0 radical (unpaired) electrons. The maximum absolute atomic E-state index is 15.5. The lowest BCUT2D eigenvalue weighted by atomic mass is 10.0. The van der Waals surface area contributed by atoms with Crippen molar-refractivity contribution in [1.82, 2.24) is 9.80 Å². The van der Waals surface area contributed by atoms with Crippen LogP contribution in [-0.2, 0) is 6.54 Å². The first kappa shape index (κ1) is 24.6. The number of fused-ring (bicyclic) bond motifs is 1. The summed E-state index contributed by atoms with van der Waals surface area (Å²) < 4.78 is 83.9. The molecule has 0 N–H and O–H groups in total. The summed E-state index contributed by atoms with van der Waals surface area (Å²) in [4.78, 5) is 3.34. The summed E-state index contributed by atoms with van der Waals surface area (Å²) in [6, 6.07) is 10.7. The highest BCUT2D eigenvalue weighted by Gasteiger charge is 2.57. The zero-order valence-electron chi connectivity index (χ0n) is 19.2. The largest absolute Gasteiger partial charge is 0.401 e. The highest BCUT2D eigenvalue weighted by molar-refractivity contribution is 8.02. The van der Waals surface area contributed by atoms with Gasteiger partial charge in [-0.15, -0.1) is 0 Å². The molecule has 2 heterocycles. The minimum atomic E-state index is -4.22. The van der Waals surface area contributed by atoms with E-state index in [0.717, 1.165) is 11.4 Å². The zero-order valence-corrected chi connectivity index (χ0v) is 20.0. The first-order chi connectivity index (χ1) is 16.5. The summed E-state index contributed by atoms with van der Waals surface area (Å²) in [5.74, 6) is -3.58. The fourth-order valence-corrected chi connectivity index (χ4v) is 5.73. The van der Waals surface area contributed by atoms with Gasteiger partial charge >= 0.3 is 6.18 Å². The Morgan fingerprint density at radius 3 is 2.34 bits per heavy atom. The molecular formula is C24H26F6N4S. The van der Waals surface area contributed by atoms with Crippen molar-refractivity contribution in [1.29, 1.82) is 0 Å². The predicted octanol–water partition coefficient (Wildman–Crippen LogP) is 5.65. The summed E-state index contributed by atoms with van der Waals surface area (Å²) in [5, 5.41) is 0. The number of nitrogens with zero attached hydrogens (tertiary/aromatic N) is 4. The van der Waals surface area contributed by atoms with Crippen molar-refractivity contribution in [2.24, 2.45) is 5.92 Å². The monoisotopic (exact) mass is 516 g/mol. The van der Waals surface area contributed by atoms with Crippen molar-refractivity contribution in [3.05, 3.63) is 47.8 Å². The van der Waals surface area contributed by atoms with Crippen molar-refractivity contribution >= 4 is 23.5 Å². The normalized spacial score (nSPS) is 22.5. The van der Waals surface area contributed by atoms with E-state index in [4.69, 9.17) is 0 Å². The van der Waals surface area contributed by atoms with E-state index in [1.165, 1.54) is 17.0 Å². The van der Waals surface area contributed by atoms with Crippen LogP contribution in [0.5, 0.6) is 0 Å². The molecule has 0 spiro atoms. The Balaban J connectivity index is 1.28. The van der Waals surface area contributed by atoms with Gasteiger partial charge in [0.25, 0.3) is 5.92 Å². The quantitative estimate of drug-likeness (QED) is 0.363. The Labute approximate surface area is 204 Å². The molecule has 35 heavy (non-hydrogen) atoms. The molecule has 2 aromatic rings. The first-order valence-electron chi connectivity index (χ1n) is 11.5. The molecule has 3 aliphatic rings. The van der Waals surface area contributed by atoms with Crippen molar-refractivity contribution in [3.8, 4) is 11.1 Å². The van der Waals surface area contributed by atoms with E-state index in [1.54, 1.807) is 24.3 Å². The molecular weight excluding hydrogens is 490 g/mol. The van der Waals surface area contributed by atoms with Crippen molar-refractivity contribution < 1.29 is 26.3 Å². The summed E-state index contributed by atoms with van der Waals surface area (Å²) in [6.45, 7) is 1.12. The number of halogens is 6. The lowest BCUT2D eigenvalue weighted by Gasteiger charge is -2.35. The summed E-state index contributed by atoms with van der Waals surface area (Å²) in [5.41, 5.74) is 3.28. The molecule has 190 valence electrons. The number of hydrogen-bond donors (Lipinski definition) is 0. The molecule has 2 aromatic carbocycles. The molecule has 0 aromatic heterocycles. The van der Waals surface area contributed by atoms with Crippen molar-refractivity contribution in [2.45, 2.75) is 25.1 Å². The first-order valence-corrected chi connectivity index (χ1v) is 12.2. The van der Waals surface area contributed by atoms with Crippen LogP contribution < -0.4 is 8.61 Å². The molecule has 1 atom stereocenters. The van der Waals surface area contributed by atoms with E-state index in [9.17, 15) is 22.0 Å². The lowest BCUT2D eigenvalue weighted by Crippen LogP contribution is -2.48. The Bertz CT molecular complexity index is 1090. The van der Waals surface area contributed by atoms with E-state index in [2.05, 4.69) is 0 Å². The molecule has 4 nitrogen and oxygen atoms in total. The van der Waals surface area contributed by atoms with E-state index >= 15 is 4.39 Å². The molecule has 0 bridgehead atoms. The van der Waals surface area contributed by atoms with E-state index in [-0.39, 0.29) is 18.8 Å². The number of piperazine rings is 1. The van der Waals surface area contributed by atoms with Gasteiger partial charge in [-0.2, -0.15) is 13.2 Å². The molecule has 2 fully saturated rings. The van der Waals surface area contributed by atoms with Gasteiger partial charge in [0, 0.05) is 69.8 Å². The van der Waals surface area contributed by atoms with Gasteiger partial charge in [0.1, 0.15) is 5.82 Å². The molecule has 1 saturated carbocycles. The van der Waals surface area contributed by atoms with Crippen LogP contribution in [0.25, 0.3) is 11.1 Å². The molecule has 1 saturated heterocycles. The fourth-order valence-electron chi connectivity index (χ4n) is 4.71. The van der Waals surface area contributed by atoms with Crippen LogP contribution in [0.3, 0.4) is 0 Å². The van der Waals surface area contributed by atoms with Gasteiger partial charge in [0.05, 0.1) is 30.1 Å². The third-order valence-electron chi connectivity index (χ3n) is 6.80. The van der Waals surface area contributed by atoms with Crippen LogP contribution in [0, 0.1) is 11.7 Å². The van der Waals surface area contributed by atoms with Gasteiger partial charge in [-0.25, -0.2) is 13.2 Å². The van der Waals surface area contributed by atoms with E-state index in [0.29, 0.717) is 49.4 Å². The van der Waals surface area contributed by atoms with Gasteiger partial charge in [-0.05, 0) is 17.7 Å². The highest BCUT2D eigenvalue weighted by atomic mass is 32.2. The second kappa shape index (κ2) is 9.08. The summed E-state index contributed by atoms with van der Waals surface area (Å²) >= 11 is 1.36. The van der Waals surface area contributed by atoms with Crippen LogP contribution in [0.4, 0.5) is 37.7 Å². The SMILES string of the molecule is CN1SN(CC2CC2(F)F)c2ccc(-c3cccc(CN4CCN(CC(F)(F)F)CC4)c3F)cc21. The van der Waals surface area contributed by atoms with Gasteiger partial charge in [0.15, 0.2) is 0 Å². The molecule has 1 unspecified atom stereocenters. The number of hydrogen-bond acceptors (Lipinski definition) is 5. The van der Waals surface area contributed by atoms with Crippen LogP contribution in [-0.4, -0.2) is 68.2 Å². The van der Waals surface area contributed by atoms with Gasteiger partial charge in [-0.3, -0.25) is 18.4 Å². The second-order valence-corrected chi connectivity index (χ2v) is 10.6. The van der Waals surface area contributed by atoms with E-state index < -0.39 is 24.6 Å². The molecule has 2 aliphatic heterocycles. The highest BCUT2D eigenvalue weighted by Crippen LogP contribution is 2.53. The van der Waals surface area contributed by atoms with Crippen LogP contribution >= 0.6 is 12.1 Å². The van der Waals surface area contributed by atoms with Gasteiger partial charge in [-0.1, -0.05) is 24.3 Å². The van der Waals surface area contributed by atoms with Crippen molar-refractivity contribution in [3.63, 3.8) is 0 Å². The molecule has 1 aliphatic carbocycles. The van der Waals surface area contributed by atoms with E-state index in [1.807, 2.05) is 32.7 Å². The average molecular weight is 517 g/mol. The third-order valence-corrected chi connectivity index (χ3v) is 7.78. The summed E-state index contributed by atoms with van der Waals surface area (Å²) in [6.07, 6.45) is -4.30. The Morgan fingerprint density at radius 1 is 1.00 bits per heavy atom. The molecule has 5 rings (SSSR count). The minimum absolute atomic E-state index is 0.0867. The predicted molar refractivity (Wildman–Crippen MR) is 126 cm³/mol. The number of anilines is 2. The Morgan fingerprint density at radius 2 is 1.69 bits per heavy atom. The summed E-state index contributed by atoms with van der Waals surface area (Å²) in [7, 11) is 1.85. The zero-order chi connectivity index (χ0) is 25.0. The number of benzene rings is 2. The van der Waals surface area contributed by atoms with Crippen LogP contribution in [0.15, 0.2) is 36.4 Å². The number of alkyl halides is 5. The average Bonchev–Trinajstić information content (AvgIpc) is 3.27. The topological polar surface area (TPSA) is 13.0 Å². The number of rotatable bonds is 6. The molecule has 11 heteroatoms.